The van der Waals surface area contributed by atoms with Gasteiger partial charge < -0.3 is 10.1 Å². The molecule has 0 aliphatic carbocycles. The summed E-state index contributed by atoms with van der Waals surface area (Å²) in [5, 5.41) is 13.3. The van der Waals surface area contributed by atoms with Gasteiger partial charge in [-0.1, -0.05) is 59.1 Å². The fourth-order valence-corrected chi connectivity index (χ4v) is 2.31. The van der Waals surface area contributed by atoms with Gasteiger partial charge in [0, 0.05) is 11.6 Å². The molecule has 0 heterocycles. The van der Waals surface area contributed by atoms with E-state index >= 15 is 0 Å². The van der Waals surface area contributed by atoms with Crippen LogP contribution in [0.25, 0.3) is 0 Å². The molecule has 0 saturated heterocycles. The molecule has 0 aliphatic heterocycles. The van der Waals surface area contributed by atoms with E-state index in [1.807, 2.05) is 0 Å². The Labute approximate surface area is 158 Å². The number of nitrogens with one attached hydrogen (secondary N) is 1. The molecule has 0 spiro atoms. The third-order valence-electron chi connectivity index (χ3n) is 3.23. The maximum absolute atomic E-state index is 12.4. The van der Waals surface area contributed by atoms with Gasteiger partial charge in [0.1, 0.15) is 5.75 Å². The monoisotopic (exact) mass is 402 g/mol. The Bertz CT molecular complexity index is 793. The number of aryl methyl sites for hydroxylation is 1. The van der Waals surface area contributed by atoms with Crippen molar-refractivity contribution >= 4 is 46.4 Å². The zero-order valence-corrected chi connectivity index (χ0v) is 15.2. The van der Waals surface area contributed by atoms with Crippen molar-refractivity contribution in [2.45, 2.75) is 16.9 Å². The summed E-state index contributed by atoms with van der Waals surface area (Å²) in [6.07, 6.45) is -1.35. The maximum Gasteiger partial charge on any atom is 0.273 e. The first-order valence-corrected chi connectivity index (χ1v) is 8.16. The van der Waals surface area contributed by atoms with Gasteiger partial charge in [-0.2, -0.15) is 0 Å². The smallest absolute Gasteiger partial charge is 0.273 e. The number of ether oxygens (including phenoxy) is 1. The summed E-state index contributed by atoms with van der Waals surface area (Å²) < 4.78 is 3.47. The van der Waals surface area contributed by atoms with Crippen LogP contribution in [0.4, 0.5) is 5.69 Å². The molecule has 0 unspecified atom stereocenters. The van der Waals surface area contributed by atoms with Crippen molar-refractivity contribution in [3.63, 3.8) is 0 Å². The number of non-ortho nitro benzene ring substituents is 1. The molecule has 0 radical (unpaired) electrons. The molecule has 1 amide bonds. The largest absolute Gasteiger partial charge is 0.466 e. The van der Waals surface area contributed by atoms with Crippen molar-refractivity contribution in [3.8, 4) is 5.75 Å². The highest BCUT2D eigenvalue weighted by Crippen LogP contribution is 2.33. The number of carbonyl (C=O) groups excluding carboxylic acids is 1. The molecule has 1 atom stereocenters. The van der Waals surface area contributed by atoms with Gasteiger partial charge >= 0.3 is 0 Å². The normalized spacial score (nSPS) is 12.3. The Morgan fingerprint density at radius 1 is 1.20 bits per heavy atom. The van der Waals surface area contributed by atoms with Gasteiger partial charge in [0.2, 0.25) is 10.0 Å². The van der Waals surface area contributed by atoms with Crippen LogP contribution in [-0.2, 0) is 0 Å². The quantitative estimate of drug-likeness (QED) is 0.347. The summed E-state index contributed by atoms with van der Waals surface area (Å²) in [5.74, 6) is -0.421. The van der Waals surface area contributed by atoms with Gasteiger partial charge in [0.05, 0.1) is 11.0 Å². The fourth-order valence-electron chi connectivity index (χ4n) is 2.01. The minimum atomic E-state index is -2.00. The van der Waals surface area contributed by atoms with Crippen molar-refractivity contribution in [2.75, 3.05) is 0 Å². The number of hydrogen-bond acceptors (Lipinski definition) is 4. The Balaban J connectivity index is 2.23. The third-order valence-corrected chi connectivity index (χ3v) is 3.83. The topological polar surface area (TPSA) is 81.5 Å². The van der Waals surface area contributed by atoms with Crippen molar-refractivity contribution in [1.82, 2.24) is 5.32 Å². The van der Waals surface area contributed by atoms with E-state index in [0.717, 1.165) is 5.56 Å². The number of nitro groups is 1. The molecule has 2 aromatic rings. The van der Waals surface area contributed by atoms with Crippen LogP contribution >= 0.6 is 34.8 Å². The number of amides is 1. The van der Waals surface area contributed by atoms with E-state index in [0.29, 0.717) is 5.56 Å². The Hall–Kier alpha value is -2.02. The average molecular weight is 404 g/mol. The number of hydrogen-bond donors (Lipinski definition) is 1. The molecule has 1 N–H and O–H groups in total. The van der Waals surface area contributed by atoms with Crippen LogP contribution in [0.1, 0.15) is 15.9 Å². The number of halogens is 3. The SMILES string of the molecule is Cc1ccccc1C(=O)N[C@@H](Oc1cccc([N+](=O)[O-])c1)C(Cl)(Cl)Cl. The van der Waals surface area contributed by atoms with Crippen molar-refractivity contribution < 1.29 is 14.5 Å². The number of nitro benzene ring substituents is 1. The second-order valence-corrected chi connectivity index (χ2v) is 7.45. The lowest BCUT2D eigenvalue weighted by molar-refractivity contribution is -0.384. The molecule has 2 rings (SSSR count). The predicted octanol–water partition coefficient (Wildman–Crippen LogP) is 4.41. The number of benzene rings is 2. The van der Waals surface area contributed by atoms with Gasteiger partial charge in [0.25, 0.3) is 11.6 Å². The predicted molar refractivity (Wildman–Crippen MR) is 96.4 cm³/mol. The van der Waals surface area contributed by atoms with Gasteiger partial charge in [-0.15, -0.1) is 0 Å². The second-order valence-electron chi connectivity index (χ2n) is 5.08. The highest BCUT2D eigenvalue weighted by atomic mass is 35.6. The Morgan fingerprint density at radius 2 is 1.88 bits per heavy atom. The minimum Gasteiger partial charge on any atom is -0.466 e. The molecule has 9 heteroatoms. The summed E-state index contributed by atoms with van der Waals surface area (Å²) >= 11 is 17.6. The first-order chi connectivity index (χ1) is 11.7. The van der Waals surface area contributed by atoms with Crippen LogP contribution < -0.4 is 10.1 Å². The summed E-state index contributed by atoms with van der Waals surface area (Å²) in [5.41, 5.74) is 0.939. The van der Waals surface area contributed by atoms with E-state index in [4.69, 9.17) is 39.5 Å². The Kier molecular flexibility index (Phi) is 6.11. The zero-order chi connectivity index (χ0) is 18.6. The zero-order valence-electron chi connectivity index (χ0n) is 12.9. The van der Waals surface area contributed by atoms with Crippen LogP contribution in [0.5, 0.6) is 5.75 Å². The van der Waals surface area contributed by atoms with E-state index in [1.165, 1.54) is 24.3 Å². The van der Waals surface area contributed by atoms with E-state index in [-0.39, 0.29) is 11.4 Å². The standard InChI is InChI=1S/C16H13Cl3N2O4/c1-10-5-2-3-8-13(10)14(22)20-15(16(17,18)19)25-12-7-4-6-11(9-12)21(23)24/h2-9,15H,1H3,(H,20,22)/t15-/m0/s1. The van der Waals surface area contributed by atoms with Gasteiger partial charge in [-0.3, -0.25) is 14.9 Å². The molecule has 25 heavy (non-hydrogen) atoms. The average Bonchev–Trinajstić information content (AvgIpc) is 2.54. The number of nitrogens with zero attached hydrogens (tertiary/aromatic N) is 1. The van der Waals surface area contributed by atoms with Crippen LogP contribution in [0.2, 0.25) is 0 Å². The third kappa shape index (κ3) is 5.22. The van der Waals surface area contributed by atoms with Crippen LogP contribution in [0.15, 0.2) is 48.5 Å². The lowest BCUT2D eigenvalue weighted by atomic mass is 10.1. The molecule has 2 aromatic carbocycles. The molecule has 132 valence electrons. The summed E-state index contributed by atoms with van der Waals surface area (Å²) in [6, 6.07) is 12.2. The van der Waals surface area contributed by atoms with Crippen molar-refractivity contribution in [2.24, 2.45) is 0 Å². The number of alkyl halides is 3. The maximum atomic E-state index is 12.4. The lowest BCUT2D eigenvalue weighted by Crippen LogP contribution is -2.48. The van der Waals surface area contributed by atoms with Gasteiger partial charge in [0.15, 0.2) is 0 Å². The molecule has 0 saturated carbocycles. The van der Waals surface area contributed by atoms with E-state index < -0.39 is 20.9 Å². The van der Waals surface area contributed by atoms with Crippen LogP contribution in [0.3, 0.4) is 0 Å². The molecule has 0 aliphatic rings. The van der Waals surface area contributed by atoms with E-state index in [2.05, 4.69) is 5.32 Å². The first-order valence-electron chi connectivity index (χ1n) is 7.03. The molecule has 6 nitrogen and oxygen atoms in total. The van der Waals surface area contributed by atoms with E-state index in [1.54, 1.807) is 31.2 Å². The summed E-state index contributed by atoms with van der Waals surface area (Å²) in [7, 11) is 0. The first kappa shape index (κ1) is 19.3. The number of carbonyl (C=O) groups is 1. The summed E-state index contributed by atoms with van der Waals surface area (Å²) in [4.78, 5) is 22.7. The van der Waals surface area contributed by atoms with Crippen molar-refractivity contribution in [3.05, 3.63) is 69.8 Å². The van der Waals surface area contributed by atoms with E-state index in [9.17, 15) is 14.9 Å². The lowest BCUT2D eigenvalue weighted by Gasteiger charge is -2.26. The highest BCUT2D eigenvalue weighted by molar-refractivity contribution is 6.68. The molecular formula is C16H13Cl3N2O4. The fraction of sp³-hybridized carbons (Fsp3) is 0.188. The molecule has 0 bridgehead atoms. The Morgan fingerprint density at radius 3 is 2.48 bits per heavy atom. The highest BCUT2D eigenvalue weighted by Gasteiger charge is 2.36. The number of rotatable bonds is 5. The van der Waals surface area contributed by atoms with Crippen LogP contribution in [-0.4, -0.2) is 20.9 Å². The van der Waals surface area contributed by atoms with Crippen molar-refractivity contribution in [1.29, 1.82) is 0 Å². The van der Waals surface area contributed by atoms with Gasteiger partial charge in [-0.25, -0.2) is 0 Å². The summed E-state index contributed by atoms with van der Waals surface area (Å²) in [6.45, 7) is 1.76. The molecular weight excluding hydrogens is 391 g/mol. The van der Waals surface area contributed by atoms with Gasteiger partial charge in [-0.05, 0) is 24.6 Å². The minimum absolute atomic E-state index is 0.0793. The molecule has 0 aromatic heterocycles. The second kappa shape index (κ2) is 7.91. The van der Waals surface area contributed by atoms with Crippen LogP contribution in [0, 0.1) is 17.0 Å². The molecule has 0 fully saturated rings.